The van der Waals surface area contributed by atoms with E-state index in [4.69, 9.17) is 10.7 Å². The van der Waals surface area contributed by atoms with Crippen molar-refractivity contribution in [2.24, 2.45) is 5.73 Å². The van der Waals surface area contributed by atoms with Crippen LogP contribution in [0.15, 0.2) is 24.3 Å². The Kier molecular flexibility index (Phi) is 3.76. The number of piperidine rings is 1. The zero-order chi connectivity index (χ0) is 16.5. The Morgan fingerprint density at radius 3 is 2.71 bits per heavy atom. The Labute approximate surface area is 139 Å². The summed E-state index contributed by atoms with van der Waals surface area (Å²) in [6.07, 6.45) is 4.34. The van der Waals surface area contributed by atoms with Gasteiger partial charge in [-0.15, -0.1) is 10.2 Å². The molecule has 24 heavy (non-hydrogen) atoms. The van der Waals surface area contributed by atoms with Gasteiger partial charge < -0.3 is 10.6 Å². The Balaban J connectivity index is 1.90. The summed E-state index contributed by atoms with van der Waals surface area (Å²) in [7, 11) is 0. The van der Waals surface area contributed by atoms with E-state index in [1.807, 2.05) is 28.7 Å². The Morgan fingerprint density at radius 2 is 1.92 bits per heavy atom. The molecule has 1 aliphatic rings. The van der Waals surface area contributed by atoms with Gasteiger partial charge in [-0.05, 0) is 31.4 Å². The molecular weight excluding hydrogens is 304 g/mol. The summed E-state index contributed by atoms with van der Waals surface area (Å²) < 4.78 is 2.02. The van der Waals surface area contributed by atoms with Crippen LogP contribution in [0.25, 0.3) is 16.7 Å². The predicted molar refractivity (Wildman–Crippen MR) is 91.9 cm³/mol. The van der Waals surface area contributed by atoms with Crippen LogP contribution in [0.5, 0.6) is 0 Å². The highest BCUT2D eigenvalue weighted by atomic mass is 16.1. The zero-order valence-corrected chi connectivity index (χ0v) is 13.5. The topological polar surface area (TPSA) is 89.4 Å². The molecule has 1 saturated heterocycles. The number of nitrogens with two attached hydrogens (primary N) is 1. The molecule has 7 heteroatoms. The van der Waals surface area contributed by atoms with Crippen molar-refractivity contribution in [1.82, 2.24) is 19.6 Å². The molecule has 1 aliphatic heterocycles. The van der Waals surface area contributed by atoms with Crippen LogP contribution in [0.4, 0.5) is 5.82 Å². The lowest BCUT2D eigenvalue weighted by Gasteiger charge is -2.28. The van der Waals surface area contributed by atoms with Gasteiger partial charge in [-0.2, -0.15) is 0 Å². The lowest BCUT2D eigenvalue weighted by atomic mass is 10.1. The summed E-state index contributed by atoms with van der Waals surface area (Å²) in [6.45, 7) is 1.98. The minimum atomic E-state index is -0.332. The Bertz CT molecular complexity index is 897. The number of para-hydroxylation sites is 2. The maximum Gasteiger partial charge on any atom is 0.217 e. The fourth-order valence-electron chi connectivity index (χ4n) is 3.34. The van der Waals surface area contributed by atoms with Crippen LogP contribution < -0.4 is 10.6 Å². The van der Waals surface area contributed by atoms with Crippen LogP contribution in [-0.4, -0.2) is 38.6 Å². The monoisotopic (exact) mass is 324 g/mol. The van der Waals surface area contributed by atoms with Crippen LogP contribution in [0.1, 0.15) is 31.5 Å². The lowest BCUT2D eigenvalue weighted by molar-refractivity contribution is -0.118. The summed E-state index contributed by atoms with van der Waals surface area (Å²) in [5.41, 5.74) is 7.92. The second-order valence-electron chi connectivity index (χ2n) is 6.21. The molecule has 1 aromatic carbocycles. The van der Waals surface area contributed by atoms with Crippen molar-refractivity contribution in [3.8, 4) is 0 Å². The number of amides is 1. The van der Waals surface area contributed by atoms with E-state index in [1.165, 1.54) is 19.3 Å². The first-order chi connectivity index (χ1) is 11.7. The van der Waals surface area contributed by atoms with Gasteiger partial charge in [0.1, 0.15) is 5.82 Å². The Morgan fingerprint density at radius 1 is 1.12 bits per heavy atom. The average Bonchev–Trinajstić information content (AvgIpc) is 3.04. The number of carbonyl (C=O) groups is 1. The molecule has 0 aliphatic carbocycles. The molecule has 0 bridgehead atoms. The summed E-state index contributed by atoms with van der Waals surface area (Å²) >= 11 is 0. The van der Waals surface area contributed by atoms with Crippen molar-refractivity contribution in [2.45, 2.75) is 32.1 Å². The van der Waals surface area contributed by atoms with E-state index in [2.05, 4.69) is 15.1 Å². The molecule has 2 N–H and O–H groups in total. The first-order valence-corrected chi connectivity index (χ1v) is 8.40. The van der Waals surface area contributed by atoms with E-state index in [0.717, 1.165) is 41.4 Å². The van der Waals surface area contributed by atoms with Gasteiger partial charge >= 0.3 is 0 Å². The number of anilines is 1. The molecule has 1 amide bonds. The van der Waals surface area contributed by atoms with E-state index in [9.17, 15) is 4.79 Å². The average molecular weight is 324 g/mol. The summed E-state index contributed by atoms with van der Waals surface area (Å²) in [6, 6.07) is 7.96. The third-order valence-corrected chi connectivity index (χ3v) is 4.53. The number of aryl methyl sites for hydroxylation is 1. The smallest absolute Gasteiger partial charge is 0.217 e. The third-order valence-electron chi connectivity index (χ3n) is 4.53. The SMILES string of the molecule is NC(=O)CCc1nnc2c(N3CCCCC3)nc3ccccc3n12. The maximum absolute atomic E-state index is 11.2. The number of fused-ring (bicyclic) bond motifs is 3. The van der Waals surface area contributed by atoms with Gasteiger partial charge in [0, 0.05) is 25.9 Å². The molecule has 0 atom stereocenters. The number of hydrogen-bond acceptors (Lipinski definition) is 5. The van der Waals surface area contributed by atoms with Crippen LogP contribution in [-0.2, 0) is 11.2 Å². The van der Waals surface area contributed by atoms with Crippen molar-refractivity contribution in [3.05, 3.63) is 30.1 Å². The number of primary amides is 1. The third kappa shape index (κ3) is 2.55. The summed E-state index contributed by atoms with van der Waals surface area (Å²) in [5, 5.41) is 8.69. The van der Waals surface area contributed by atoms with Crippen molar-refractivity contribution >= 4 is 28.4 Å². The molecule has 0 saturated carbocycles. The van der Waals surface area contributed by atoms with Gasteiger partial charge in [0.15, 0.2) is 5.82 Å². The molecule has 7 nitrogen and oxygen atoms in total. The van der Waals surface area contributed by atoms with Gasteiger partial charge in [-0.1, -0.05) is 12.1 Å². The Hall–Kier alpha value is -2.70. The molecule has 3 aromatic rings. The van der Waals surface area contributed by atoms with Crippen LogP contribution in [0.2, 0.25) is 0 Å². The summed E-state index contributed by atoms with van der Waals surface area (Å²) in [5.74, 6) is 1.30. The molecule has 2 aromatic heterocycles. The normalized spacial score (nSPS) is 15.2. The largest absolute Gasteiger partial charge is 0.370 e. The molecule has 1 fully saturated rings. The number of hydrogen-bond donors (Lipinski definition) is 1. The van der Waals surface area contributed by atoms with Crippen molar-refractivity contribution in [2.75, 3.05) is 18.0 Å². The van der Waals surface area contributed by atoms with Crippen LogP contribution >= 0.6 is 0 Å². The minimum absolute atomic E-state index is 0.260. The highest BCUT2D eigenvalue weighted by Gasteiger charge is 2.20. The van der Waals surface area contributed by atoms with E-state index in [0.29, 0.717) is 6.42 Å². The lowest BCUT2D eigenvalue weighted by Crippen LogP contribution is -2.30. The van der Waals surface area contributed by atoms with E-state index in [-0.39, 0.29) is 12.3 Å². The van der Waals surface area contributed by atoms with Crippen LogP contribution in [0.3, 0.4) is 0 Å². The number of aromatic nitrogens is 4. The highest BCUT2D eigenvalue weighted by Crippen LogP contribution is 2.27. The van der Waals surface area contributed by atoms with E-state index in [1.54, 1.807) is 0 Å². The molecular formula is C17H20N6O. The zero-order valence-electron chi connectivity index (χ0n) is 13.5. The molecule has 3 heterocycles. The highest BCUT2D eigenvalue weighted by molar-refractivity contribution is 5.83. The van der Waals surface area contributed by atoms with E-state index >= 15 is 0 Å². The fourth-order valence-corrected chi connectivity index (χ4v) is 3.34. The number of carbonyl (C=O) groups excluding carboxylic acids is 1. The first-order valence-electron chi connectivity index (χ1n) is 8.40. The summed E-state index contributed by atoms with van der Waals surface area (Å²) in [4.78, 5) is 18.3. The maximum atomic E-state index is 11.2. The predicted octanol–water partition coefficient (Wildman–Crippen LogP) is 1.69. The fraction of sp³-hybridized carbons (Fsp3) is 0.412. The minimum Gasteiger partial charge on any atom is -0.370 e. The number of benzene rings is 1. The van der Waals surface area contributed by atoms with Crippen LogP contribution in [0, 0.1) is 0 Å². The van der Waals surface area contributed by atoms with Crippen molar-refractivity contribution in [3.63, 3.8) is 0 Å². The van der Waals surface area contributed by atoms with Gasteiger partial charge in [0.2, 0.25) is 11.6 Å². The van der Waals surface area contributed by atoms with E-state index < -0.39 is 0 Å². The molecule has 0 unspecified atom stereocenters. The van der Waals surface area contributed by atoms with Crippen molar-refractivity contribution in [1.29, 1.82) is 0 Å². The molecule has 0 spiro atoms. The van der Waals surface area contributed by atoms with Crippen molar-refractivity contribution < 1.29 is 4.79 Å². The molecule has 0 radical (unpaired) electrons. The van der Waals surface area contributed by atoms with Gasteiger partial charge in [-0.25, -0.2) is 4.98 Å². The van der Waals surface area contributed by atoms with Gasteiger partial charge in [-0.3, -0.25) is 9.20 Å². The van der Waals surface area contributed by atoms with Gasteiger partial charge in [0.25, 0.3) is 0 Å². The number of nitrogens with zero attached hydrogens (tertiary/aromatic N) is 5. The second kappa shape index (κ2) is 6.07. The molecule has 4 rings (SSSR count). The second-order valence-corrected chi connectivity index (χ2v) is 6.21. The van der Waals surface area contributed by atoms with Gasteiger partial charge in [0.05, 0.1) is 11.0 Å². The quantitative estimate of drug-likeness (QED) is 0.789. The standard InChI is InChI=1S/C17H20N6O/c18-14(24)8-9-15-20-21-17-16(22-10-4-1-5-11-22)19-12-6-2-3-7-13(12)23(15)17/h2-3,6-7H,1,4-5,8-11H2,(H2,18,24). The number of rotatable bonds is 4. The molecule has 124 valence electrons. The first kappa shape index (κ1) is 14.9.